The van der Waals surface area contributed by atoms with Crippen LogP contribution in [0.25, 0.3) is 22.3 Å². The number of aryl methyl sites for hydroxylation is 2. The summed E-state index contributed by atoms with van der Waals surface area (Å²) in [4.78, 5) is 22.0. The van der Waals surface area contributed by atoms with E-state index in [0.717, 1.165) is 30.7 Å². The predicted molar refractivity (Wildman–Crippen MR) is 96.3 cm³/mol. The Labute approximate surface area is 140 Å². The molecule has 5 nitrogen and oxygen atoms in total. The second kappa shape index (κ2) is 5.91. The molecule has 1 fully saturated rings. The summed E-state index contributed by atoms with van der Waals surface area (Å²) < 4.78 is 1.82. The maximum atomic E-state index is 12.3. The number of nitrogens with zero attached hydrogens (tertiary/aromatic N) is 3. The SMILES string of the molecule is Cc1cccc(C)c1-c1cnc2[nH]c(=O)n(CCN3CCC3)c2c1. The van der Waals surface area contributed by atoms with Gasteiger partial charge in [-0.25, -0.2) is 9.78 Å². The van der Waals surface area contributed by atoms with E-state index in [2.05, 4.69) is 53.0 Å². The lowest BCUT2D eigenvalue weighted by Crippen LogP contribution is -2.40. The van der Waals surface area contributed by atoms with Crippen LogP contribution < -0.4 is 5.69 Å². The van der Waals surface area contributed by atoms with E-state index < -0.39 is 0 Å². The zero-order valence-corrected chi connectivity index (χ0v) is 14.2. The van der Waals surface area contributed by atoms with Crippen molar-refractivity contribution in [1.29, 1.82) is 0 Å². The molecule has 124 valence electrons. The van der Waals surface area contributed by atoms with Crippen LogP contribution in [0.4, 0.5) is 0 Å². The first-order chi connectivity index (χ1) is 11.6. The number of hydrogen-bond acceptors (Lipinski definition) is 3. The van der Waals surface area contributed by atoms with Gasteiger partial charge in [-0.15, -0.1) is 0 Å². The highest BCUT2D eigenvalue weighted by Gasteiger charge is 2.16. The second-order valence-corrected chi connectivity index (χ2v) is 6.64. The Balaban J connectivity index is 1.77. The highest BCUT2D eigenvalue weighted by molar-refractivity contribution is 5.80. The molecule has 3 heterocycles. The van der Waals surface area contributed by atoms with Crippen LogP contribution in [0.15, 0.2) is 35.3 Å². The molecule has 2 aromatic heterocycles. The van der Waals surface area contributed by atoms with Crippen LogP contribution in [0.2, 0.25) is 0 Å². The van der Waals surface area contributed by atoms with E-state index >= 15 is 0 Å². The van der Waals surface area contributed by atoms with Crippen molar-refractivity contribution in [2.75, 3.05) is 19.6 Å². The van der Waals surface area contributed by atoms with Gasteiger partial charge in [0.15, 0.2) is 5.65 Å². The molecule has 0 saturated carbocycles. The van der Waals surface area contributed by atoms with Gasteiger partial charge < -0.3 is 4.90 Å². The molecular weight excluding hydrogens is 300 g/mol. The number of nitrogens with one attached hydrogen (secondary N) is 1. The topological polar surface area (TPSA) is 53.9 Å². The molecule has 4 rings (SSSR count). The smallest absolute Gasteiger partial charge is 0.301 e. The molecule has 0 radical (unpaired) electrons. The molecule has 3 aromatic rings. The molecule has 1 aliphatic rings. The van der Waals surface area contributed by atoms with Gasteiger partial charge in [0.1, 0.15) is 0 Å². The second-order valence-electron chi connectivity index (χ2n) is 6.64. The van der Waals surface area contributed by atoms with E-state index in [1.54, 1.807) is 0 Å². The van der Waals surface area contributed by atoms with Crippen molar-refractivity contribution in [3.63, 3.8) is 0 Å². The molecule has 0 amide bonds. The summed E-state index contributed by atoms with van der Waals surface area (Å²) in [6, 6.07) is 8.38. The summed E-state index contributed by atoms with van der Waals surface area (Å²) in [5.74, 6) is 0. The normalized spacial score (nSPS) is 14.9. The number of H-pyrrole nitrogens is 1. The van der Waals surface area contributed by atoms with Crippen LogP contribution >= 0.6 is 0 Å². The molecule has 0 unspecified atom stereocenters. The van der Waals surface area contributed by atoms with Crippen LogP contribution in [-0.2, 0) is 6.54 Å². The van der Waals surface area contributed by atoms with Crippen molar-refractivity contribution in [2.24, 2.45) is 0 Å². The van der Waals surface area contributed by atoms with Crippen LogP contribution in [0.1, 0.15) is 17.5 Å². The fourth-order valence-corrected chi connectivity index (χ4v) is 3.51. The van der Waals surface area contributed by atoms with Gasteiger partial charge in [0.25, 0.3) is 0 Å². The van der Waals surface area contributed by atoms with E-state index in [1.807, 2.05) is 10.8 Å². The van der Waals surface area contributed by atoms with Crippen molar-refractivity contribution in [3.05, 3.63) is 52.1 Å². The van der Waals surface area contributed by atoms with Crippen LogP contribution in [0, 0.1) is 13.8 Å². The molecule has 0 bridgehead atoms. The molecule has 0 spiro atoms. The lowest BCUT2D eigenvalue weighted by atomic mass is 9.97. The summed E-state index contributed by atoms with van der Waals surface area (Å²) in [6.07, 6.45) is 3.12. The van der Waals surface area contributed by atoms with Crippen molar-refractivity contribution >= 4 is 11.2 Å². The lowest BCUT2D eigenvalue weighted by Gasteiger charge is -2.30. The number of imidazole rings is 1. The Morgan fingerprint density at radius 2 is 1.92 bits per heavy atom. The zero-order chi connectivity index (χ0) is 16.7. The Kier molecular flexibility index (Phi) is 3.73. The van der Waals surface area contributed by atoms with Crippen LogP contribution in [-0.4, -0.2) is 39.1 Å². The molecule has 1 aliphatic heterocycles. The third-order valence-corrected chi connectivity index (χ3v) is 4.99. The number of aromatic amines is 1. The van der Waals surface area contributed by atoms with Crippen LogP contribution in [0.5, 0.6) is 0 Å². The molecule has 24 heavy (non-hydrogen) atoms. The van der Waals surface area contributed by atoms with E-state index in [4.69, 9.17) is 0 Å². The Morgan fingerprint density at radius 1 is 1.17 bits per heavy atom. The summed E-state index contributed by atoms with van der Waals surface area (Å²) in [5, 5.41) is 0. The maximum absolute atomic E-state index is 12.3. The molecule has 1 saturated heterocycles. The molecular formula is C19H22N4O. The fourth-order valence-electron chi connectivity index (χ4n) is 3.51. The summed E-state index contributed by atoms with van der Waals surface area (Å²) in [6.45, 7) is 8.13. The van der Waals surface area contributed by atoms with Crippen LogP contribution in [0.3, 0.4) is 0 Å². The Morgan fingerprint density at radius 3 is 2.58 bits per heavy atom. The van der Waals surface area contributed by atoms with Gasteiger partial charge in [0.2, 0.25) is 0 Å². The minimum absolute atomic E-state index is 0.0725. The van der Waals surface area contributed by atoms with E-state index in [0.29, 0.717) is 12.2 Å². The predicted octanol–water partition coefficient (Wildman–Crippen LogP) is 2.71. The molecule has 1 N–H and O–H groups in total. The average molecular weight is 322 g/mol. The van der Waals surface area contributed by atoms with Crippen molar-refractivity contribution in [3.8, 4) is 11.1 Å². The number of hydrogen-bond donors (Lipinski definition) is 1. The summed E-state index contributed by atoms with van der Waals surface area (Å²) in [5.41, 5.74) is 6.20. The maximum Gasteiger partial charge on any atom is 0.327 e. The number of aromatic nitrogens is 3. The monoisotopic (exact) mass is 322 g/mol. The number of likely N-dealkylation sites (tertiary alicyclic amines) is 1. The van der Waals surface area contributed by atoms with Gasteiger partial charge in [-0.2, -0.15) is 0 Å². The van der Waals surface area contributed by atoms with Gasteiger partial charge in [0.05, 0.1) is 5.52 Å². The summed E-state index contributed by atoms with van der Waals surface area (Å²) in [7, 11) is 0. The Bertz CT molecular complexity index is 929. The first kappa shape index (κ1) is 15.1. The van der Waals surface area contributed by atoms with Crippen molar-refractivity contribution < 1.29 is 0 Å². The first-order valence-electron chi connectivity index (χ1n) is 8.51. The third kappa shape index (κ3) is 2.55. The fraction of sp³-hybridized carbons (Fsp3) is 0.368. The third-order valence-electron chi connectivity index (χ3n) is 4.99. The average Bonchev–Trinajstić information content (AvgIpc) is 2.81. The Hall–Kier alpha value is -2.40. The van der Waals surface area contributed by atoms with E-state index in [9.17, 15) is 4.79 Å². The largest absolute Gasteiger partial charge is 0.327 e. The van der Waals surface area contributed by atoms with Crippen molar-refractivity contribution in [2.45, 2.75) is 26.8 Å². The molecule has 0 atom stereocenters. The number of rotatable bonds is 4. The lowest BCUT2D eigenvalue weighted by molar-refractivity contribution is 0.175. The van der Waals surface area contributed by atoms with Gasteiger partial charge in [-0.3, -0.25) is 9.55 Å². The number of benzene rings is 1. The standard InChI is InChI=1S/C19H22N4O/c1-13-5-3-6-14(2)17(13)15-11-16-18(20-12-15)21-19(24)23(16)10-9-22-7-4-8-22/h3,5-6,11-12H,4,7-10H2,1-2H3,(H,20,21,24). The minimum Gasteiger partial charge on any atom is -0.301 e. The van der Waals surface area contributed by atoms with E-state index in [1.165, 1.54) is 23.1 Å². The molecule has 1 aromatic carbocycles. The highest BCUT2D eigenvalue weighted by atomic mass is 16.1. The summed E-state index contributed by atoms with van der Waals surface area (Å²) >= 11 is 0. The number of pyridine rings is 1. The zero-order valence-electron chi connectivity index (χ0n) is 14.2. The van der Waals surface area contributed by atoms with Gasteiger partial charge >= 0.3 is 5.69 Å². The number of fused-ring (bicyclic) bond motifs is 1. The first-order valence-corrected chi connectivity index (χ1v) is 8.51. The quantitative estimate of drug-likeness (QED) is 0.803. The molecule has 0 aliphatic carbocycles. The highest BCUT2D eigenvalue weighted by Crippen LogP contribution is 2.28. The van der Waals surface area contributed by atoms with Gasteiger partial charge in [0, 0.05) is 24.8 Å². The molecule has 5 heteroatoms. The minimum atomic E-state index is -0.0725. The van der Waals surface area contributed by atoms with Gasteiger partial charge in [-0.1, -0.05) is 18.2 Å². The van der Waals surface area contributed by atoms with E-state index in [-0.39, 0.29) is 5.69 Å². The van der Waals surface area contributed by atoms with Crippen molar-refractivity contribution in [1.82, 2.24) is 19.4 Å². The van der Waals surface area contributed by atoms with Gasteiger partial charge in [-0.05, 0) is 56.1 Å².